The number of aromatic nitrogens is 2. The SMILES string of the molecule is CCSc1ccccc1C(=O)Nc1nnc(C2=COCCO2)o1. The normalized spacial score (nSPS) is 13.7. The molecule has 3 rings (SSSR count). The number of carbonyl (C=O) groups is 1. The monoisotopic (exact) mass is 333 g/mol. The molecule has 1 aliphatic rings. The van der Waals surface area contributed by atoms with E-state index in [0.29, 0.717) is 24.5 Å². The zero-order valence-electron chi connectivity index (χ0n) is 12.4. The largest absolute Gasteiger partial charge is 0.494 e. The molecule has 2 heterocycles. The van der Waals surface area contributed by atoms with Crippen molar-refractivity contribution in [2.75, 3.05) is 24.3 Å². The van der Waals surface area contributed by atoms with Gasteiger partial charge in [0, 0.05) is 4.90 Å². The highest BCUT2D eigenvalue weighted by molar-refractivity contribution is 7.99. The highest BCUT2D eigenvalue weighted by Crippen LogP contribution is 2.24. The molecule has 0 saturated heterocycles. The maximum absolute atomic E-state index is 12.4. The number of hydrogen-bond acceptors (Lipinski definition) is 7. The van der Waals surface area contributed by atoms with Crippen LogP contribution in [0.15, 0.2) is 39.8 Å². The Labute approximate surface area is 137 Å². The van der Waals surface area contributed by atoms with E-state index in [1.807, 2.05) is 25.1 Å². The van der Waals surface area contributed by atoms with Crippen LogP contribution in [0, 0.1) is 0 Å². The summed E-state index contributed by atoms with van der Waals surface area (Å²) < 4.78 is 15.9. The van der Waals surface area contributed by atoms with Crippen molar-refractivity contribution < 1.29 is 18.7 Å². The molecule has 1 amide bonds. The van der Waals surface area contributed by atoms with E-state index < -0.39 is 0 Å². The van der Waals surface area contributed by atoms with Crippen LogP contribution >= 0.6 is 11.8 Å². The van der Waals surface area contributed by atoms with Gasteiger partial charge >= 0.3 is 6.01 Å². The predicted molar refractivity (Wildman–Crippen MR) is 85.0 cm³/mol. The van der Waals surface area contributed by atoms with Gasteiger partial charge < -0.3 is 13.9 Å². The first kappa shape index (κ1) is 15.4. The van der Waals surface area contributed by atoms with Crippen molar-refractivity contribution in [3.05, 3.63) is 42.0 Å². The topological polar surface area (TPSA) is 86.5 Å². The van der Waals surface area contributed by atoms with Crippen molar-refractivity contribution in [3.63, 3.8) is 0 Å². The number of amides is 1. The number of anilines is 1. The lowest BCUT2D eigenvalue weighted by molar-refractivity contribution is 0.102. The summed E-state index contributed by atoms with van der Waals surface area (Å²) in [6.45, 7) is 2.92. The van der Waals surface area contributed by atoms with E-state index in [4.69, 9.17) is 13.9 Å². The molecule has 0 saturated carbocycles. The minimum atomic E-state index is -0.299. The van der Waals surface area contributed by atoms with Crippen LogP contribution in [-0.4, -0.2) is 35.1 Å². The molecule has 0 bridgehead atoms. The molecule has 1 N–H and O–H groups in total. The third kappa shape index (κ3) is 3.65. The molecule has 1 aliphatic heterocycles. The Bertz CT molecular complexity index is 729. The van der Waals surface area contributed by atoms with Gasteiger partial charge in [-0.15, -0.1) is 16.9 Å². The van der Waals surface area contributed by atoms with E-state index in [2.05, 4.69) is 15.5 Å². The fraction of sp³-hybridized carbons (Fsp3) is 0.267. The standard InChI is InChI=1S/C15H15N3O4S/c1-2-23-12-6-4-3-5-10(12)13(19)16-15-18-17-14(22-15)11-9-20-7-8-21-11/h3-6,9H,2,7-8H2,1H3,(H,16,18,19). The summed E-state index contributed by atoms with van der Waals surface area (Å²) in [6.07, 6.45) is 1.41. The minimum absolute atomic E-state index is 0.0105. The fourth-order valence-electron chi connectivity index (χ4n) is 1.95. The number of ether oxygens (including phenoxy) is 2. The minimum Gasteiger partial charge on any atom is -0.494 e. The highest BCUT2D eigenvalue weighted by atomic mass is 32.2. The first-order valence-electron chi connectivity index (χ1n) is 7.09. The molecule has 0 aliphatic carbocycles. The van der Waals surface area contributed by atoms with Crippen LogP contribution in [-0.2, 0) is 9.47 Å². The van der Waals surface area contributed by atoms with Crippen molar-refractivity contribution in [1.82, 2.24) is 10.2 Å². The average molecular weight is 333 g/mol. The number of hydrogen-bond donors (Lipinski definition) is 1. The molecule has 0 spiro atoms. The van der Waals surface area contributed by atoms with Gasteiger partial charge in [0.05, 0.1) is 5.56 Å². The third-order valence-electron chi connectivity index (χ3n) is 2.94. The lowest BCUT2D eigenvalue weighted by atomic mass is 10.2. The number of rotatable bonds is 5. The zero-order valence-corrected chi connectivity index (χ0v) is 13.3. The molecular weight excluding hydrogens is 318 g/mol. The van der Waals surface area contributed by atoms with Crippen molar-refractivity contribution >= 4 is 29.4 Å². The van der Waals surface area contributed by atoms with Gasteiger partial charge in [-0.05, 0) is 17.9 Å². The molecule has 8 heteroatoms. The molecule has 0 radical (unpaired) electrons. The van der Waals surface area contributed by atoms with Crippen LogP contribution in [0.25, 0.3) is 5.76 Å². The van der Waals surface area contributed by atoms with Gasteiger partial charge in [-0.2, -0.15) is 0 Å². The fourth-order valence-corrected chi connectivity index (χ4v) is 2.76. The Kier molecular flexibility index (Phi) is 4.82. The number of nitrogens with zero attached hydrogens (tertiary/aromatic N) is 2. The van der Waals surface area contributed by atoms with Gasteiger partial charge in [-0.3, -0.25) is 10.1 Å². The van der Waals surface area contributed by atoms with Crippen molar-refractivity contribution in [2.45, 2.75) is 11.8 Å². The Morgan fingerprint density at radius 2 is 2.17 bits per heavy atom. The van der Waals surface area contributed by atoms with Gasteiger partial charge in [-0.1, -0.05) is 24.2 Å². The molecule has 0 fully saturated rings. The van der Waals surface area contributed by atoms with Crippen LogP contribution in [0.1, 0.15) is 23.2 Å². The van der Waals surface area contributed by atoms with Gasteiger partial charge in [0.15, 0.2) is 0 Å². The summed E-state index contributed by atoms with van der Waals surface area (Å²) in [5.74, 6) is 1.09. The summed E-state index contributed by atoms with van der Waals surface area (Å²) in [6, 6.07) is 7.38. The Hall–Kier alpha value is -2.48. The molecule has 0 unspecified atom stereocenters. The van der Waals surface area contributed by atoms with Crippen LogP contribution in [0.5, 0.6) is 0 Å². The van der Waals surface area contributed by atoms with Crippen LogP contribution in [0.2, 0.25) is 0 Å². The molecule has 0 atom stereocenters. The molecule has 7 nitrogen and oxygen atoms in total. The molecule has 120 valence electrons. The van der Waals surface area contributed by atoms with Crippen LogP contribution < -0.4 is 5.32 Å². The van der Waals surface area contributed by atoms with Crippen molar-refractivity contribution in [2.24, 2.45) is 0 Å². The summed E-state index contributed by atoms with van der Waals surface area (Å²) in [7, 11) is 0. The Morgan fingerprint density at radius 1 is 1.30 bits per heavy atom. The second-order valence-corrected chi connectivity index (χ2v) is 5.80. The predicted octanol–water partition coefficient (Wildman–Crippen LogP) is 2.78. The van der Waals surface area contributed by atoms with E-state index in [0.717, 1.165) is 10.6 Å². The van der Waals surface area contributed by atoms with Gasteiger partial charge in [0.1, 0.15) is 19.5 Å². The summed E-state index contributed by atoms with van der Waals surface area (Å²) in [5, 5.41) is 10.2. The number of benzene rings is 1. The van der Waals surface area contributed by atoms with Crippen LogP contribution in [0.4, 0.5) is 6.01 Å². The van der Waals surface area contributed by atoms with E-state index in [-0.39, 0.29) is 17.8 Å². The van der Waals surface area contributed by atoms with Crippen LogP contribution in [0.3, 0.4) is 0 Å². The van der Waals surface area contributed by atoms with Crippen molar-refractivity contribution in [1.29, 1.82) is 0 Å². The van der Waals surface area contributed by atoms with E-state index in [1.165, 1.54) is 6.26 Å². The van der Waals surface area contributed by atoms with Gasteiger partial charge in [0.25, 0.3) is 11.8 Å². The van der Waals surface area contributed by atoms with E-state index in [1.54, 1.807) is 17.8 Å². The Balaban J connectivity index is 1.73. The first-order valence-corrected chi connectivity index (χ1v) is 8.08. The molecule has 1 aromatic carbocycles. The lowest BCUT2D eigenvalue weighted by Crippen LogP contribution is -2.13. The Morgan fingerprint density at radius 3 is 2.96 bits per heavy atom. The smallest absolute Gasteiger partial charge is 0.322 e. The second-order valence-electron chi connectivity index (χ2n) is 4.50. The molecular formula is C15H15N3O4S. The lowest BCUT2D eigenvalue weighted by Gasteiger charge is -2.12. The average Bonchev–Trinajstić information content (AvgIpc) is 3.05. The maximum atomic E-state index is 12.4. The molecule has 1 aromatic heterocycles. The van der Waals surface area contributed by atoms with E-state index in [9.17, 15) is 4.79 Å². The van der Waals surface area contributed by atoms with Gasteiger partial charge in [0.2, 0.25) is 5.76 Å². The zero-order chi connectivity index (χ0) is 16.1. The number of thioether (sulfide) groups is 1. The summed E-state index contributed by atoms with van der Waals surface area (Å²) >= 11 is 1.60. The van der Waals surface area contributed by atoms with Crippen molar-refractivity contribution in [3.8, 4) is 0 Å². The molecule has 2 aromatic rings. The van der Waals surface area contributed by atoms with E-state index >= 15 is 0 Å². The second kappa shape index (κ2) is 7.19. The number of carbonyl (C=O) groups excluding carboxylic acids is 1. The summed E-state index contributed by atoms with van der Waals surface area (Å²) in [4.78, 5) is 13.3. The molecule has 23 heavy (non-hydrogen) atoms. The quantitative estimate of drug-likeness (QED) is 0.842. The summed E-state index contributed by atoms with van der Waals surface area (Å²) in [5.41, 5.74) is 0.565. The van der Waals surface area contributed by atoms with Gasteiger partial charge in [-0.25, -0.2) is 0 Å². The first-order chi connectivity index (χ1) is 11.3. The number of nitrogens with one attached hydrogen (secondary N) is 1. The maximum Gasteiger partial charge on any atom is 0.322 e. The third-order valence-corrected chi connectivity index (χ3v) is 3.89. The highest BCUT2D eigenvalue weighted by Gasteiger charge is 2.18.